The van der Waals surface area contributed by atoms with Crippen LogP contribution in [0.2, 0.25) is 0 Å². The van der Waals surface area contributed by atoms with Gasteiger partial charge in [0.15, 0.2) is 0 Å². The van der Waals surface area contributed by atoms with E-state index in [0.717, 1.165) is 12.8 Å². The van der Waals surface area contributed by atoms with Gasteiger partial charge >= 0.3 is 0 Å². The lowest BCUT2D eigenvalue weighted by atomic mass is 9.65. The first-order valence-electron chi connectivity index (χ1n) is 11.1. The molecule has 154 valence electrons. The van der Waals surface area contributed by atoms with E-state index in [2.05, 4.69) is 135 Å². The van der Waals surface area contributed by atoms with Crippen molar-refractivity contribution in [3.8, 4) is 0 Å². The third-order valence-electron chi connectivity index (χ3n) is 6.47. The summed E-state index contributed by atoms with van der Waals surface area (Å²) in [5.41, 5.74) is 6.33. The zero-order valence-corrected chi connectivity index (χ0v) is 18.2. The third-order valence-corrected chi connectivity index (χ3v) is 6.47. The maximum atomic E-state index is 4.50. The van der Waals surface area contributed by atoms with Crippen molar-refractivity contribution in [1.29, 1.82) is 0 Å². The predicted molar refractivity (Wildman–Crippen MR) is 132 cm³/mol. The van der Waals surface area contributed by atoms with Crippen LogP contribution < -0.4 is 0 Å². The second-order valence-corrected chi connectivity index (χ2v) is 8.33. The van der Waals surface area contributed by atoms with E-state index < -0.39 is 0 Å². The van der Waals surface area contributed by atoms with Crippen molar-refractivity contribution in [2.75, 3.05) is 0 Å². The van der Waals surface area contributed by atoms with E-state index in [1.54, 1.807) is 0 Å². The molecular formula is C31H30. The standard InChI is InChI=1S/C31H30/c1-25(2)31(28-19-11-5-12-20-28,29-21-13-6-14-22-29)24-23-30(26-15-7-3-8-16-26)27-17-9-4-10-18-27/h3-22,30H,1,23-24H2,2H3. The van der Waals surface area contributed by atoms with Crippen LogP contribution in [0, 0.1) is 0 Å². The van der Waals surface area contributed by atoms with Crippen LogP contribution in [-0.4, -0.2) is 0 Å². The smallest absolute Gasteiger partial charge is 0.0406 e. The number of rotatable bonds is 8. The summed E-state index contributed by atoms with van der Waals surface area (Å²) in [6, 6.07) is 43.5. The van der Waals surface area contributed by atoms with E-state index in [1.165, 1.54) is 27.8 Å². The minimum atomic E-state index is -0.218. The van der Waals surface area contributed by atoms with Gasteiger partial charge in [-0.2, -0.15) is 0 Å². The van der Waals surface area contributed by atoms with Crippen molar-refractivity contribution in [3.05, 3.63) is 156 Å². The molecule has 0 amide bonds. The van der Waals surface area contributed by atoms with Crippen molar-refractivity contribution >= 4 is 0 Å². The molecule has 0 bridgehead atoms. The van der Waals surface area contributed by atoms with Gasteiger partial charge in [0.2, 0.25) is 0 Å². The van der Waals surface area contributed by atoms with Crippen molar-refractivity contribution in [2.45, 2.75) is 31.1 Å². The molecule has 0 aliphatic heterocycles. The molecule has 0 heteroatoms. The van der Waals surface area contributed by atoms with Crippen LogP contribution in [0.4, 0.5) is 0 Å². The minimum absolute atomic E-state index is 0.218. The molecule has 0 saturated heterocycles. The molecule has 4 aromatic rings. The van der Waals surface area contributed by atoms with Gasteiger partial charge in [-0.05, 0) is 42.0 Å². The van der Waals surface area contributed by atoms with Crippen LogP contribution in [0.3, 0.4) is 0 Å². The maximum absolute atomic E-state index is 4.50. The van der Waals surface area contributed by atoms with Gasteiger partial charge in [-0.25, -0.2) is 0 Å². The van der Waals surface area contributed by atoms with Gasteiger partial charge in [0.1, 0.15) is 0 Å². The van der Waals surface area contributed by atoms with Crippen LogP contribution in [0.15, 0.2) is 133 Å². The summed E-state index contributed by atoms with van der Waals surface area (Å²) in [5, 5.41) is 0. The molecule has 0 N–H and O–H groups in total. The first-order valence-corrected chi connectivity index (χ1v) is 11.1. The zero-order valence-electron chi connectivity index (χ0n) is 18.2. The summed E-state index contributed by atoms with van der Waals surface area (Å²) in [4.78, 5) is 0. The summed E-state index contributed by atoms with van der Waals surface area (Å²) >= 11 is 0. The van der Waals surface area contributed by atoms with Gasteiger partial charge in [-0.1, -0.05) is 133 Å². The monoisotopic (exact) mass is 402 g/mol. The average molecular weight is 403 g/mol. The highest BCUT2D eigenvalue weighted by Crippen LogP contribution is 2.45. The number of hydrogen-bond donors (Lipinski definition) is 0. The molecular weight excluding hydrogens is 372 g/mol. The summed E-state index contributed by atoms with van der Waals surface area (Å²) in [7, 11) is 0. The second-order valence-electron chi connectivity index (χ2n) is 8.33. The predicted octanol–water partition coefficient (Wildman–Crippen LogP) is 8.16. The largest absolute Gasteiger partial charge is 0.0989 e. The van der Waals surface area contributed by atoms with Crippen molar-refractivity contribution in [1.82, 2.24) is 0 Å². The molecule has 0 nitrogen and oxygen atoms in total. The molecule has 0 atom stereocenters. The van der Waals surface area contributed by atoms with Crippen LogP contribution in [-0.2, 0) is 5.41 Å². The first kappa shape index (κ1) is 20.9. The van der Waals surface area contributed by atoms with Crippen LogP contribution in [0.25, 0.3) is 0 Å². The number of benzene rings is 4. The Morgan fingerprint density at radius 3 is 1.32 bits per heavy atom. The van der Waals surface area contributed by atoms with Gasteiger partial charge in [0.25, 0.3) is 0 Å². The molecule has 0 saturated carbocycles. The fourth-order valence-electron chi connectivity index (χ4n) is 4.86. The third kappa shape index (κ3) is 4.39. The minimum Gasteiger partial charge on any atom is -0.0989 e. The molecule has 0 fully saturated rings. The molecule has 0 spiro atoms. The fourth-order valence-corrected chi connectivity index (χ4v) is 4.86. The van der Waals surface area contributed by atoms with Crippen molar-refractivity contribution < 1.29 is 0 Å². The normalized spacial score (nSPS) is 11.4. The Kier molecular flexibility index (Phi) is 6.48. The summed E-state index contributed by atoms with van der Waals surface area (Å²) in [6.07, 6.45) is 2.02. The quantitative estimate of drug-likeness (QED) is 0.261. The Labute approximate surface area is 186 Å². The summed E-state index contributed by atoms with van der Waals surface area (Å²) in [5.74, 6) is 0.341. The van der Waals surface area contributed by atoms with E-state index in [1.807, 2.05) is 0 Å². The van der Waals surface area contributed by atoms with Crippen LogP contribution in [0.5, 0.6) is 0 Å². The SMILES string of the molecule is C=C(C)C(CCC(c1ccccc1)c1ccccc1)(c1ccccc1)c1ccccc1. The molecule has 0 aliphatic carbocycles. The summed E-state index contributed by atoms with van der Waals surface area (Å²) < 4.78 is 0. The molecule has 0 unspecified atom stereocenters. The lowest BCUT2D eigenvalue weighted by Gasteiger charge is -2.37. The van der Waals surface area contributed by atoms with Crippen LogP contribution in [0.1, 0.15) is 47.9 Å². The first-order chi connectivity index (χ1) is 15.2. The average Bonchev–Trinajstić information content (AvgIpc) is 2.84. The number of hydrogen-bond acceptors (Lipinski definition) is 0. The van der Waals surface area contributed by atoms with E-state index in [4.69, 9.17) is 0 Å². The van der Waals surface area contributed by atoms with E-state index in [9.17, 15) is 0 Å². The van der Waals surface area contributed by atoms with Crippen molar-refractivity contribution in [3.63, 3.8) is 0 Å². The molecule has 0 radical (unpaired) electrons. The highest BCUT2D eigenvalue weighted by atomic mass is 14.4. The van der Waals surface area contributed by atoms with Gasteiger partial charge in [-0.3, -0.25) is 0 Å². The van der Waals surface area contributed by atoms with Crippen molar-refractivity contribution in [2.24, 2.45) is 0 Å². The van der Waals surface area contributed by atoms with E-state index >= 15 is 0 Å². The molecule has 4 rings (SSSR count). The van der Waals surface area contributed by atoms with Gasteiger partial charge in [-0.15, -0.1) is 0 Å². The van der Waals surface area contributed by atoms with Gasteiger partial charge < -0.3 is 0 Å². The van der Waals surface area contributed by atoms with E-state index in [0.29, 0.717) is 5.92 Å². The highest BCUT2D eigenvalue weighted by molar-refractivity contribution is 5.47. The second kappa shape index (κ2) is 9.62. The lowest BCUT2D eigenvalue weighted by molar-refractivity contribution is 0.502. The lowest BCUT2D eigenvalue weighted by Crippen LogP contribution is -2.29. The number of allylic oxidation sites excluding steroid dienone is 1. The Morgan fingerprint density at radius 1 is 0.613 bits per heavy atom. The van der Waals surface area contributed by atoms with Gasteiger partial charge in [0.05, 0.1) is 0 Å². The summed E-state index contributed by atoms with van der Waals surface area (Å²) in [6.45, 7) is 6.68. The molecule has 0 heterocycles. The Balaban J connectivity index is 1.78. The van der Waals surface area contributed by atoms with E-state index in [-0.39, 0.29) is 5.41 Å². The Morgan fingerprint density at radius 2 is 0.968 bits per heavy atom. The fraction of sp³-hybridized carbons (Fsp3) is 0.161. The molecule has 4 aromatic carbocycles. The maximum Gasteiger partial charge on any atom is 0.0406 e. The zero-order chi connectivity index (χ0) is 21.5. The molecule has 0 aliphatic rings. The van der Waals surface area contributed by atoms with Gasteiger partial charge in [0, 0.05) is 11.3 Å². The topological polar surface area (TPSA) is 0 Å². The van der Waals surface area contributed by atoms with Crippen LogP contribution >= 0.6 is 0 Å². The molecule has 0 aromatic heterocycles. The Bertz CT molecular complexity index is 1000. The highest BCUT2D eigenvalue weighted by Gasteiger charge is 2.35. The molecule has 31 heavy (non-hydrogen) atoms. The Hall–Kier alpha value is -3.38.